The van der Waals surface area contributed by atoms with Crippen LogP contribution in [0.4, 0.5) is 0 Å². The Hall–Kier alpha value is -3.33. The minimum absolute atomic E-state index is 0.0127. The van der Waals surface area contributed by atoms with Gasteiger partial charge >= 0.3 is 0 Å². The van der Waals surface area contributed by atoms with Crippen molar-refractivity contribution in [2.75, 3.05) is 46.8 Å². The van der Waals surface area contributed by atoms with E-state index in [1.165, 1.54) is 0 Å². The van der Waals surface area contributed by atoms with E-state index in [0.29, 0.717) is 49.1 Å². The quantitative estimate of drug-likeness (QED) is 0.579. The standard InChI is InChI=1S/C25H31N7O2/c1-17-23-19(25(34)31-12-6-11-30(13-14-31)16-22(33)29(2)3)15-20(18-8-9-18)27-24(23)32(28-17)21-7-4-5-10-26-21/h4-5,7,10,15,18H,6,8-9,11-14,16H2,1-3H3. The average Bonchev–Trinajstić information content (AvgIpc) is 3.66. The molecule has 3 aromatic heterocycles. The average molecular weight is 462 g/mol. The topological polar surface area (TPSA) is 87.5 Å². The number of fused-ring (bicyclic) bond motifs is 1. The number of hydrogen-bond donors (Lipinski definition) is 0. The fourth-order valence-corrected chi connectivity index (χ4v) is 4.54. The molecule has 0 aromatic carbocycles. The van der Waals surface area contributed by atoms with Crippen LogP contribution in [0, 0.1) is 6.92 Å². The molecule has 34 heavy (non-hydrogen) atoms. The first kappa shape index (κ1) is 22.5. The van der Waals surface area contributed by atoms with Gasteiger partial charge in [0.05, 0.1) is 23.2 Å². The second-order valence-corrected chi connectivity index (χ2v) is 9.46. The molecular formula is C25H31N7O2. The Kier molecular flexibility index (Phi) is 6.03. The van der Waals surface area contributed by atoms with Gasteiger partial charge in [-0.15, -0.1) is 0 Å². The van der Waals surface area contributed by atoms with Crippen LogP contribution in [0.25, 0.3) is 16.9 Å². The third-order valence-corrected chi connectivity index (χ3v) is 6.66. The van der Waals surface area contributed by atoms with Crippen LogP contribution in [0.3, 0.4) is 0 Å². The summed E-state index contributed by atoms with van der Waals surface area (Å²) < 4.78 is 1.75. The molecule has 4 heterocycles. The number of rotatable bonds is 5. The van der Waals surface area contributed by atoms with E-state index in [-0.39, 0.29) is 11.8 Å². The molecule has 0 bridgehead atoms. The van der Waals surface area contributed by atoms with Gasteiger partial charge in [0.1, 0.15) is 0 Å². The summed E-state index contributed by atoms with van der Waals surface area (Å²) >= 11 is 0. The number of nitrogens with zero attached hydrogens (tertiary/aromatic N) is 7. The number of amides is 2. The first-order chi connectivity index (χ1) is 16.4. The van der Waals surface area contributed by atoms with Gasteiger partial charge in [-0.25, -0.2) is 9.97 Å². The highest BCUT2D eigenvalue weighted by Crippen LogP contribution is 2.41. The van der Waals surface area contributed by atoms with Gasteiger partial charge in [-0.05, 0) is 44.4 Å². The van der Waals surface area contributed by atoms with E-state index >= 15 is 0 Å². The molecule has 2 fully saturated rings. The highest BCUT2D eigenvalue weighted by atomic mass is 16.2. The van der Waals surface area contributed by atoms with Gasteiger partial charge in [0, 0.05) is 58.1 Å². The summed E-state index contributed by atoms with van der Waals surface area (Å²) in [5, 5.41) is 5.51. The lowest BCUT2D eigenvalue weighted by molar-refractivity contribution is -0.129. The largest absolute Gasteiger partial charge is 0.348 e. The lowest BCUT2D eigenvalue weighted by Crippen LogP contribution is -2.39. The zero-order chi connectivity index (χ0) is 23.8. The molecule has 1 saturated heterocycles. The van der Waals surface area contributed by atoms with Crippen molar-refractivity contribution in [3.8, 4) is 5.82 Å². The number of pyridine rings is 2. The minimum Gasteiger partial charge on any atom is -0.348 e. The van der Waals surface area contributed by atoms with Crippen molar-refractivity contribution in [1.29, 1.82) is 0 Å². The van der Waals surface area contributed by atoms with Crippen LogP contribution in [0.1, 0.15) is 46.9 Å². The molecule has 0 spiro atoms. The Morgan fingerprint density at radius 1 is 1.12 bits per heavy atom. The number of aryl methyl sites for hydroxylation is 1. The first-order valence-corrected chi connectivity index (χ1v) is 12.0. The Bertz CT molecular complexity index is 1220. The summed E-state index contributed by atoms with van der Waals surface area (Å²) in [7, 11) is 3.55. The number of aromatic nitrogens is 4. The number of hydrogen-bond acceptors (Lipinski definition) is 6. The van der Waals surface area contributed by atoms with Crippen LogP contribution in [0.2, 0.25) is 0 Å². The molecule has 0 atom stereocenters. The van der Waals surface area contributed by atoms with Crippen molar-refractivity contribution in [1.82, 2.24) is 34.4 Å². The van der Waals surface area contributed by atoms with E-state index in [1.54, 1.807) is 29.9 Å². The van der Waals surface area contributed by atoms with Crippen molar-refractivity contribution in [2.45, 2.75) is 32.1 Å². The van der Waals surface area contributed by atoms with Gasteiger partial charge in [-0.2, -0.15) is 9.78 Å². The third kappa shape index (κ3) is 4.40. The summed E-state index contributed by atoms with van der Waals surface area (Å²) in [4.78, 5) is 41.1. The number of likely N-dealkylation sites (N-methyl/N-ethyl adjacent to an activating group) is 1. The maximum atomic E-state index is 13.8. The smallest absolute Gasteiger partial charge is 0.254 e. The molecule has 0 radical (unpaired) electrons. The van der Waals surface area contributed by atoms with Crippen molar-refractivity contribution in [3.63, 3.8) is 0 Å². The summed E-state index contributed by atoms with van der Waals surface area (Å²) in [6, 6.07) is 7.68. The lowest BCUT2D eigenvalue weighted by atomic mass is 10.1. The fourth-order valence-electron chi connectivity index (χ4n) is 4.54. The predicted octanol–water partition coefficient (Wildman–Crippen LogP) is 2.24. The fraction of sp³-hybridized carbons (Fsp3) is 0.480. The Morgan fingerprint density at radius 2 is 1.94 bits per heavy atom. The zero-order valence-electron chi connectivity index (χ0n) is 20.1. The molecule has 0 N–H and O–H groups in total. The predicted molar refractivity (Wildman–Crippen MR) is 129 cm³/mol. The SMILES string of the molecule is Cc1nn(-c2ccccn2)c2nc(C3CC3)cc(C(=O)N3CCCN(CC(=O)N(C)C)CC3)c12. The molecule has 1 aliphatic heterocycles. The molecule has 1 aliphatic carbocycles. The van der Waals surface area contributed by atoms with Crippen molar-refractivity contribution in [2.24, 2.45) is 0 Å². The maximum Gasteiger partial charge on any atom is 0.254 e. The molecule has 3 aromatic rings. The van der Waals surface area contributed by atoms with E-state index in [0.717, 1.165) is 42.6 Å². The first-order valence-electron chi connectivity index (χ1n) is 12.0. The summed E-state index contributed by atoms with van der Waals surface area (Å²) in [6.07, 6.45) is 4.77. The zero-order valence-corrected chi connectivity index (χ0v) is 20.1. The molecule has 178 valence electrons. The highest BCUT2D eigenvalue weighted by molar-refractivity contribution is 6.06. The van der Waals surface area contributed by atoms with Gasteiger partial charge in [-0.3, -0.25) is 14.5 Å². The molecule has 9 heteroatoms. The molecule has 2 amide bonds. The number of carbonyl (C=O) groups excluding carboxylic acids is 2. The van der Waals surface area contributed by atoms with Crippen LogP contribution in [0.15, 0.2) is 30.5 Å². The van der Waals surface area contributed by atoms with E-state index in [1.807, 2.05) is 36.1 Å². The van der Waals surface area contributed by atoms with Crippen molar-refractivity contribution >= 4 is 22.8 Å². The van der Waals surface area contributed by atoms with Crippen LogP contribution in [-0.4, -0.2) is 93.1 Å². The Balaban J connectivity index is 1.48. The van der Waals surface area contributed by atoms with Gasteiger partial charge in [-0.1, -0.05) is 6.07 Å². The monoisotopic (exact) mass is 461 g/mol. The number of carbonyl (C=O) groups is 2. The van der Waals surface area contributed by atoms with E-state index in [2.05, 4.69) is 9.88 Å². The molecule has 9 nitrogen and oxygen atoms in total. The van der Waals surface area contributed by atoms with Crippen LogP contribution in [-0.2, 0) is 4.79 Å². The molecular weight excluding hydrogens is 430 g/mol. The van der Waals surface area contributed by atoms with Gasteiger partial charge in [0.2, 0.25) is 5.91 Å². The second kappa shape index (κ2) is 9.13. The van der Waals surface area contributed by atoms with Gasteiger partial charge in [0.25, 0.3) is 5.91 Å². The Labute approximate surface area is 199 Å². The molecule has 5 rings (SSSR count). The van der Waals surface area contributed by atoms with Gasteiger partial charge in [0.15, 0.2) is 11.5 Å². The molecule has 0 unspecified atom stereocenters. The van der Waals surface area contributed by atoms with Crippen molar-refractivity contribution < 1.29 is 9.59 Å². The third-order valence-electron chi connectivity index (χ3n) is 6.66. The van der Waals surface area contributed by atoms with E-state index in [4.69, 9.17) is 10.1 Å². The van der Waals surface area contributed by atoms with Crippen molar-refractivity contribution in [3.05, 3.63) is 47.4 Å². The highest BCUT2D eigenvalue weighted by Gasteiger charge is 2.31. The molecule has 2 aliphatic rings. The van der Waals surface area contributed by atoms with Crippen LogP contribution in [0.5, 0.6) is 0 Å². The maximum absolute atomic E-state index is 13.8. The normalized spacial score (nSPS) is 17.1. The summed E-state index contributed by atoms with van der Waals surface area (Å²) in [5.74, 6) is 1.19. The second-order valence-electron chi connectivity index (χ2n) is 9.46. The minimum atomic E-state index is 0.0127. The van der Waals surface area contributed by atoms with Crippen LogP contribution >= 0.6 is 0 Å². The van der Waals surface area contributed by atoms with Gasteiger partial charge < -0.3 is 9.80 Å². The molecule has 1 saturated carbocycles. The van der Waals surface area contributed by atoms with E-state index in [9.17, 15) is 9.59 Å². The summed E-state index contributed by atoms with van der Waals surface area (Å²) in [6.45, 7) is 5.06. The van der Waals surface area contributed by atoms with Crippen LogP contribution < -0.4 is 0 Å². The Morgan fingerprint density at radius 3 is 2.65 bits per heavy atom. The van der Waals surface area contributed by atoms with E-state index < -0.39 is 0 Å². The summed E-state index contributed by atoms with van der Waals surface area (Å²) in [5.41, 5.74) is 3.09. The lowest BCUT2D eigenvalue weighted by Gasteiger charge is -2.23.